The summed E-state index contributed by atoms with van der Waals surface area (Å²) in [6.45, 7) is 4.60. The van der Waals surface area contributed by atoms with Gasteiger partial charge in [0, 0.05) is 41.6 Å². The monoisotopic (exact) mass is 589 g/mol. The number of halogens is 1. The molecule has 0 bridgehead atoms. The van der Waals surface area contributed by atoms with Gasteiger partial charge in [-0.1, -0.05) is 82.7 Å². The van der Waals surface area contributed by atoms with E-state index in [1.165, 1.54) is 0 Å². The number of benzene rings is 3. The zero-order valence-corrected chi connectivity index (χ0v) is 23.1. The second kappa shape index (κ2) is 13.9. The molecule has 0 saturated heterocycles. The number of aliphatic hydroxyl groups is 1. The number of ether oxygens (including phenoxy) is 2. The molecule has 3 N–H and O–H groups in total. The molecule has 0 aliphatic carbocycles. The molecule has 0 radical (unpaired) electrons. The van der Waals surface area contributed by atoms with E-state index >= 15 is 0 Å². The molecule has 1 heterocycles. The summed E-state index contributed by atoms with van der Waals surface area (Å²) in [5, 5.41) is 9.00. The highest BCUT2D eigenvalue weighted by atomic mass is 79.9. The van der Waals surface area contributed by atoms with E-state index in [4.69, 9.17) is 19.6 Å². The first-order valence-electron chi connectivity index (χ1n) is 12.8. The molecule has 4 rings (SSSR count). The van der Waals surface area contributed by atoms with Crippen LogP contribution in [0.3, 0.4) is 0 Å². The molecular formula is C31H32BrN3O4. The van der Waals surface area contributed by atoms with E-state index in [0.29, 0.717) is 37.6 Å². The van der Waals surface area contributed by atoms with E-state index in [-0.39, 0.29) is 12.5 Å². The van der Waals surface area contributed by atoms with Gasteiger partial charge in [0.05, 0.1) is 6.61 Å². The van der Waals surface area contributed by atoms with Crippen LogP contribution in [0.4, 0.5) is 0 Å². The lowest BCUT2D eigenvalue weighted by Crippen LogP contribution is -2.52. The molecule has 39 heavy (non-hydrogen) atoms. The number of aliphatic imine (C=N–C) groups is 1. The SMILES string of the molecule is C=CCNNC(=O)[C@@]1(C/C=C/c2ccccc2)N=C(c2ccc(OCCCO)cc2)O[C@H]1c1ccccc1Br. The summed E-state index contributed by atoms with van der Waals surface area (Å²) < 4.78 is 13.0. The quantitative estimate of drug-likeness (QED) is 0.141. The average molecular weight is 591 g/mol. The van der Waals surface area contributed by atoms with E-state index in [9.17, 15) is 4.79 Å². The third kappa shape index (κ3) is 7.03. The average Bonchev–Trinajstić information content (AvgIpc) is 3.35. The van der Waals surface area contributed by atoms with Crippen molar-refractivity contribution in [2.24, 2.45) is 4.99 Å². The molecule has 0 spiro atoms. The van der Waals surface area contributed by atoms with E-state index in [1.807, 2.05) is 91.0 Å². The molecule has 2 atom stereocenters. The van der Waals surface area contributed by atoms with Crippen molar-refractivity contribution in [2.75, 3.05) is 19.8 Å². The van der Waals surface area contributed by atoms with Crippen molar-refractivity contribution in [1.29, 1.82) is 0 Å². The molecule has 3 aromatic carbocycles. The number of hydrogen-bond donors (Lipinski definition) is 3. The van der Waals surface area contributed by atoms with Crippen molar-refractivity contribution in [1.82, 2.24) is 10.9 Å². The van der Waals surface area contributed by atoms with E-state index < -0.39 is 11.6 Å². The molecule has 1 amide bonds. The maximum Gasteiger partial charge on any atom is 0.266 e. The molecule has 0 saturated carbocycles. The highest BCUT2D eigenvalue weighted by Crippen LogP contribution is 2.44. The zero-order valence-electron chi connectivity index (χ0n) is 21.6. The van der Waals surface area contributed by atoms with E-state index in [1.54, 1.807) is 6.08 Å². The van der Waals surface area contributed by atoms with Gasteiger partial charge in [0.15, 0.2) is 11.6 Å². The number of aliphatic hydroxyl groups excluding tert-OH is 1. The molecule has 8 heteroatoms. The number of carbonyl (C=O) groups is 1. The molecule has 202 valence electrons. The van der Waals surface area contributed by atoms with E-state index in [0.717, 1.165) is 21.2 Å². The number of carbonyl (C=O) groups excluding carboxylic acids is 1. The highest BCUT2D eigenvalue weighted by molar-refractivity contribution is 9.10. The summed E-state index contributed by atoms with van der Waals surface area (Å²) in [5.74, 6) is 0.725. The Morgan fingerprint density at radius 2 is 1.85 bits per heavy atom. The first kappa shape index (κ1) is 28.3. The summed E-state index contributed by atoms with van der Waals surface area (Å²) in [7, 11) is 0. The number of hydrogen-bond acceptors (Lipinski definition) is 6. The molecule has 0 aromatic heterocycles. The number of rotatable bonds is 13. The van der Waals surface area contributed by atoms with Gasteiger partial charge < -0.3 is 14.6 Å². The lowest BCUT2D eigenvalue weighted by Gasteiger charge is -2.30. The normalized spacial score (nSPS) is 18.4. The van der Waals surface area contributed by atoms with Crippen molar-refractivity contribution in [2.45, 2.75) is 24.5 Å². The highest BCUT2D eigenvalue weighted by Gasteiger charge is 2.53. The van der Waals surface area contributed by atoms with Gasteiger partial charge in [0.1, 0.15) is 5.75 Å². The molecular weight excluding hydrogens is 558 g/mol. The van der Waals surface area contributed by atoms with Crippen LogP contribution in [0.5, 0.6) is 5.75 Å². The van der Waals surface area contributed by atoms with Gasteiger partial charge in [-0.3, -0.25) is 10.2 Å². The van der Waals surface area contributed by atoms with Gasteiger partial charge in [-0.2, -0.15) is 0 Å². The smallest absolute Gasteiger partial charge is 0.266 e. The Kier molecular flexibility index (Phi) is 10.1. The van der Waals surface area contributed by atoms with Crippen LogP contribution in [0.1, 0.15) is 35.6 Å². The van der Waals surface area contributed by atoms with Crippen LogP contribution < -0.4 is 15.6 Å². The Bertz CT molecular complexity index is 1310. The fourth-order valence-electron chi connectivity index (χ4n) is 4.23. The van der Waals surface area contributed by atoms with Crippen molar-refractivity contribution in [3.05, 3.63) is 119 Å². The Hall–Kier alpha value is -3.72. The van der Waals surface area contributed by atoms with Gasteiger partial charge in [-0.25, -0.2) is 10.4 Å². The van der Waals surface area contributed by atoms with Gasteiger partial charge >= 0.3 is 0 Å². The van der Waals surface area contributed by atoms with Crippen LogP contribution in [-0.2, 0) is 9.53 Å². The Balaban J connectivity index is 1.73. The molecule has 1 aliphatic heterocycles. The Morgan fingerprint density at radius 1 is 1.10 bits per heavy atom. The molecule has 1 aliphatic rings. The first-order valence-corrected chi connectivity index (χ1v) is 13.6. The maximum atomic E-state index is 13.9. The van der Waals surface area contributed by atoms with Crippen LogP contribution in [0.2, 0.25) is 0 Å². The van der Waals surface area contributed by atoms with Crippen molar-refractivity contribution in [3.8, 4) is 5.75 Å². The number of nitrogens with zero attached hydrogens (tertiary/aromatic N) is 1. The largest absolute Gasteiger partial charge is 0.494 e. The predicted molar refractivity (Wildman–Crippen MR) is 157 cm³/mol. The van der Waals surface area contributed by atoms with E-state index in [2.05, 4.69) is 33.4 Å². The minimum Gasteiger partial charge on any atom is -0.494 e. The summed E-state index contributed by atoms with van der Waals surface area (Å²) >= 11 is 3.65. The maximum absolute atomic E-state index is 13.9. The van der Waals surface area contributed by atoms with Crippen LogP contribution in [-0.4, -0.2) is 42.2 Å². The van der Waals surface area contributed by atoms with Crippen molar-refractivity contribution >= 4 is 33.8 Å². The van der Waals surface area contributed by atoms with Gasteiger partial charge in [-0.15, -0.1) is 6.58 Å². The molecule has 0 unspecified atom stereocenters. The molecule has 7 nitrogen and oxygen atoms in total. The Morgan fingerprint density at radius 3 is 2.56 bits per heavy atom. The second-order valence-electron chi connectivity index (χ2n) is 8.95. The Labute approximate surface area is 237 Å². The fraction of sp³-hybridized carbons (Fsp3) is 0.226. The summed E-state index contributed by atoms with van der Waals surface area (Å²) in [5.41, 5.74) is 6.98. The van der Waals surface area contributed by atoms with Gasteiger partial charge in [-0.05, 0) is 35.9 Å². The minimum atomic E-state index is -1.30. The topological polar surface area (TPSA) is 92.2 Å². The zero-order chi connectivity index (χ0) is 27.5. The van der Waals surface area contributed by atoms with Gasteiger partial charge in [0.25, 0.3) is 5.91 Å². The minimum absolute atomic E-state index is 0.0731. The fourth-order valence-corrected chi connectivity index (χ4v) is 4.72. The lowest BCUT2D eigenvalue weighted by molar-refractivity contribution is -0.129. The first-order chi connectivity index (χ1) is 19.1. The number of nitrogens with one attached hydrogen (secondary N) is 2. The van der Waals surface area contributed by atoms with Gasteiger partial charge in [0.2, 0.25) is 5.90 Å². The summed E-state index contributed by atoms with van der Waals surface area (Å²) in [4.78, 5) is 18.8. The number of hydrazine groups is 1. The van der Waals surface area contributed by atoms with Crippen LogP contribution in [0.25, 0.3) is 6.08 Å². The third-order valence-electron chi connectivity index (χ3n) is 6.20. The van der Waals surface area contributed by atoms with Crippen LogP contribution in [0.15, 0.2) is 107 Å². The predicted octanol–water partition coefficient (Wildman–Crippen LogP) is 5.38. The summed E-state index contributed by atoms with van der Waals surface area (Å²) in [6.07, 6.45) is 5.75. The summed E-state index contributed by atoms with van der Waals surface area (Å²) in [6, 6.07) is 25.0. The van der Waals surface area contributed by atoms with Crippen LogP contribution >= 0.6 is 15.9 Å². The standard InChI is InChI=1S/C31H32BrN3O4/c1-2-20-33-35-30(37)31(19-8-12-23-10-4-3-5-11-23)28(26-13-6-7-14-27(26)32)39-29(34-31)24-15-17-25(18-16-24)38-22-9-21-36/h2-8,10-18,28,33,36H,1,9,19-22H2,(H,35,37)/b12-8+/t28-,31-/m0/s1. The molecule has 0 fully saturated rings. The third-order valence-corrected chi connectivity index (χ3v) is 6.93. The van der Waals surface area contributed by atoms with Crippen molar-refractivity contribution < 1.29 is 19.4 Å². The second-order valence-corrected chi connectivity index (χ2v) is 9.81. The van der Waals surface area contributed by atoms with Crippen molar-refractivity contribution in [3.63, 3.8) is 0 Å². The molecule has 3 aromatic rings. The van der Waals surface area contributed by atoms with Crippen LogP contribution in [0, 0.1) is 0 Å². The lowest BCUT2D eigenvalue weighted by atomic mass is 9.84. The number of amides is 1.